The predicted molar refractivity (Wildman–Crippen MR) is 68.3 cm³/mol. The van der Waals surface area contributed by atoms with E-state index in [-0.39, 0.29) is 11.7 Å². The summed E-state index contributed by atoms with van der Waals surface area (Å²) in [5.41, 5.74) is 1.04. The van der Waals surface area contributed by atoms with Crippen LogP contribution in [-0.4, -0.2) is 14.2 Å². The molecule has 0 radical (unpaired) electrons. The lowest BCUT2D eigenvalue weighted by atomic mass is 9.87. The molecule has 1 rings (SSSR count). The minimum atomic E-state index is -3.45. The van der Waals surface area contributed by atoms with Gasteiger partial charge < -0.3 is 0 Å². The van der Waals surface area contributed by atoms with E-state index >= 15 is 0 Å². The van der Waals surface area contributed by atoms with E-state index in [1.54, 1.807) is 0 Å². The first-order chi connectivity index (χ1) is 7.44. The second-order valence-electron chi connectivity index (χ2n) is 4.11. The Bertz CT molecular complexity index is 414. The number of halogens is 1. The van der Waals surface area contributed by atoms with E-state index in [9.17, 15) is 8.42 Å². The summed E-state index contributed by atoms with van der Waals surface area (Å²) < 4.78 is 22.4. The summed E-state index contributed by atoms with van der Waals surface area (Å²) in [6.07, 6.45) is 0.936. The molecule has 0 fully saturated rings. The SMILES string of the molecule is CCC(C)C(CS(=O)(=O)Cl)c1ccccc1. The van der Waals surface area contributed by atoms with E-state index in [0.29, 0.717) is 5.92 Å². The third kappa shape index (κ3) is 4.14. The lowest BCUT2D eigenvalue weighted by molar-refractivity contribution is 0.471. The normalized spacial score (nSPS) is 15.7. The van der Waals surface area contributed by atoms with Crippen molar-refractivity contribution in [1.29, 1.82) is 0 Å². The predicted octanol–water partition coefficient (Wildman–Crippen LogP) is 3.38. The molecule has 1 aromatic rings. The van der Waals surface area contributed by atoms with Gasteiger partial charge in [0.2, 0.25) is 9.05 Å². The molecule has 0 aliphatic rings. The Morgan fingerprint density at radius 2 is 1.81 bits per heavy atom. The summed E-state index contributed by atoms with van der Waals surface area (Å²) in [5.74, 6) is 0.290. The monoisotopic (exact) mass is 260 g/mol. The van der Waals surface area contributed by atoms with Crippen LogP contribution >= 0.6 is 10.7 Å². The van der Waals surface area contributed by atoms with Crippen molar-refractivity contribution in [3.8, 4) is 0 Å². The maximum Gasteiger partial charge on any atom is 0.233 e. The zero-order chi connectivity index (χ0) is 12.2. The molecule has 0 amide bonds. The lowest BCUT2D eigenvalue weighted by Gasteiger charge is -2.22. The molecule has 2 nitrogen and oxygen atoms in total. The molecule has 2 unspecified atom stereocenters. The van der Waals surface area contributed by atoms with Crippen molar-refractivity contribution in [1.82, 2.24) is 0 Å². The van der Waals surface area contributed by atoms with Gasteiger partial charge in [-0.2, -0.15) is 0 Å². The summed E-state index contributed by atoms with van der Waals surface area (Å²) in [7, 11) is 1.90. The topological polar surface area (TPSA) is 34.1 Å². The quantitative estimate of drug-likeness (QED) is 0.761. The van der Waals surface area contributed by atoms with Crippen molar-refractivity contribution < 1.29 is 8.42 Å². The van der Waals surface area contributed by atoms with Gasteiger partial charge in [-0.1, -0.05) is 50.6 Å². The maximum atomic E-state index is 11.2. The van der Waals surface area contributed by atoms with Gasteiger partial charge in [0.15, 0.2) is 0 Å². The van der Waals surface area contributed by atoms with Crippen LogP contribution in [-0.2, 0) is 9.05 Å². The first-order valence-electron chi connectivity index (χ1n) is 5.41. The zero-order valence-electron chi connectivity index (χ0n) is 9.56. The van der Waals surface area contributed by atoms with Crippen LogP contribution in [0.25, 0.3) is 0 Å². The Morgan fingerprint density at radius 3 is 2.25 bits per heavy atom. The van der Waals surface area contributed by atoms with Gasteiger partial charge in [-0.15, -0.1) is 0 Å². The van der Waals surface area contributed by atoms with Crippen LogP contribution in [0.2, 0.25) is 0 Å². The molecule has 16 heavy (non-hydrogen) atoms. The highest BCUT2D eigenvalue weighted by atomic mass is 35.7. The zero-order valence-corrected chi connectivity index (χ0v) is 11.1. The average molecular weight is 261 g/mol. The van der Waals surface area contributed by atoms with Gasteiger partial charge in [0.25, 0.3) is 0 Å². The van der Waals surface area contributed by atoms with Crippen molar-refractivity contribution in [3.05, 3.63) is 35.9 Å². The molecule has 4 heteroatoms. The molecule has 0 saturated heterocycles. The largest absolute Gasteiger partial charge is 0.233 e. The van der Waals surface area contributed by atoms with Crippen LogP contribution in [0.3, 0.4) is 0 Å². The fourth-order valence-electron chi connectivity index (χ4n) is 1.79. The van der Waals surface area contributed by atoms with Gasteiger partial charge in [-0.3, -0.25) is 0 Å². The van der Waals surface area contributed by atoms with Crippen molar-refractivity contribution in [3.63, 3.8) is 0 Å². The highest BCUT2D eigenvalue weighted by Crippen LogP contribution is 2.29. The highest BCUT2D eigenvalue weighted by molar-refractivity contribution is 8.13. The van der Waals surface area contributed by atoms with Crippen LogP contribution in [0.15, 0.2) is 30.3 Å². The molecule has 1 aromatic carbocycles. The molecule has 0 spiro atoms. The van der Waals surface area contributed by atoms with Crippen LogP contribution in [0.4, 0.5) is 0 Å². The van der Waals surface area contributed by atoms with Crippen LogP contribution in [0, 0.1) is 5.92 Å². The minimum Gasteiger partial charge on any atom is -0.212 e. The molecule has 0 aromatic heterocycles. The van der Waals surface area contributed by atoms with E-state index in [0.717, 1.165) is 12.0 Å². The van der Waals surface area contributed by atoms with E-state index in [2.05, 4.69) is 13.8 Å². The molecule has 0 saturated carbocycles. The van der Waals surface area contributed by atoms with Crippen LogP contribution < -0.4 is 0 Å². The second-order valence-corrected chi connectivity index (χ2v) is 6.93. The summed E-state index contributed by atoms with van der Waals surface area (Å²) in [6, 6.07) is 9.68. The van der Waals surface area contributed by atoms with Crippen LogP contribution in [0.1, 0.15) is 31.7 Å². The van der Waals surface area contributed by atoms with Crippen molar-refractivity contribution in [2.75, 3.05) is 5.75 Å². The highest BCUT2D eigenvalue weighted by Gasteiger charge is 2.23. The van der Waals surface area contributed by atoms with Crippen molar-refractivity contribution >= 4 is 19.7 Å². The summed E-state index contributed by atoms with van der Waals surface area (Å²) in [4.78, 5) is 0. The fraction of sp³-hybridized carbons (Fsp3) is 0.500. The molecule has 0 bridgehead atoms. The minimum absolute atomic E-state index is 0.00752. The molecule has 0 aliphatic carbocycles. The van der Waals surface area contributed by atoms with E-state index in [1.807, 2.05) is 30.3 Å². The first-order valence-corrected chi connectivity index (χ1v) is 7.89. The van der Waals surface area contributed by atoms with Crippen LogP contribution in [0.5, 0.6) is 0 Å². The van der Waals surface area contributed by atoms with Gasteiger partial charge in [0, 0.05) is 16.6 Å². The Kier molecular flexibility index (Phi) is 4.81. The number of hydrogen-bond donors (Lipinski definition) is 0. The smallest absolute Gasteiger partial charge is 0.212 e. The molecule has 0 heterocycles. The summed E-state index contributed by atoms with van der Waals surface area (Å²) in [6.45, 7) is 4.11. The molecular weight excluding hydrogens is 244 g/mol. The Balaban J connectivity index is 2.97. The first kappa shape index (κ1) is 13.5. The lowest BCUT2D eigenvalue weighted by Crippen LogP contribution is -2.17. The van der Waals surface area contributed by atoms with E-state index < -0.39 is 9.05 Å². The third-order valence-corrected chi connectivity index (χ3v) is 4.07. The maximum absolute atomic E-state index is 11.2. The standard InChI is InChI=1S/C12H17ClO2S/c1-3-10(2)12(9-16(13,14)15)11-7-5-4-6-8-11/h4-8,10,12H,3,9H2,1-2H3. The average Bonchev–Trinajstić information content (AvgIpc) is 2.25. The summed E-state index contributed by atoms with van der Waals surface area (Å²) in [5, 5.41) is 0. The number of benzene rings is 1. The van der Waals surface area contributed by atoms with Gasteiger partial charge in [0.05, 0.1) is 5.75 Å². The fourth-order valence-corrected chi connectivity index (χ4v) is 3.15. The molecule has 90 valence electrons. The third-order valence-electron chi connectivity index (χ3n) is 2.94. The van der Waals surface area contributed by atoms with E-state index in [4.69, 9.17) is 10.7 Å². The Labute approximate surface area is 102 Å². The van der Waals surface area contributed by atoms with Gasteiger partial charge >= 0.3 is 0 Å². The number of rotatable bonds is 5. The number of hydrogen-bond acceptors (Lipinski definition) is 2. The molecule has 0 aliphatic heterocycles. The van der Waals surface area contributed by atoms with E-state index in [1.165, 1.54) is 0 Å². The molecule has 0 N–H and O–H groups in total. The van der Waals surface area contributed by atoms with Crippen molar-refractivity contribution in [2.24, 2.45) is 5.92 Å². The van der Waals surface area contributed by atoms with Gasteiger partial charge in [0.1, 0.15) is 0 Å². The Hall–Kier alpha value is -0.540. The van der Waals surface area contributed by atoms with Gasteiger partial charge in [-0.05, 0) is 11.5 Å². The Morgan fingerprint density at radius 1 is 1.25 bits per heavy atom. The van der Waals surface area contributed by atoms with Crippen molar-refractivity contribution in [2.45, 2.75) is 26.2 Å². The second kappa shape index (κ2) is 5.69. The van der Waals surface area contributed by atoms with Gasteiger partial charge in [-0.25, -0.2) is 8.42 Å². The molecule has 2 atom stereocenters. The molecular formula is C12H17ClO2S. The summed E-state index contributed by atoms with van der Waals surface area (Å²) >= 11 is 0.